The highest BCUT2D eigenvalue weighted by Crippen LogP contribution is 2.29. The highest BCUT2D eigenvalue weighted by atomic mass is 127. The summed E-state index contributed by atoms with van der Waals surface area (Å²) in [5.41, 5.74) is 0. The molecule has 0 radical (unpaired) electrons. The van der Waals surface area contributed by atoms with Gasteiger partial charge in [-0.1, -0.05) is 36.4 Å². The number of hydrogen-bond acceptors (Lipinski definition) is 3. The second kappa shape index (κ2) is 7.45. The zero-order valence-corrected chi connectivity index (χ0v) is 16.4. The fourth-order valence-corrected chi connectivity index (χ4v) is 5.71. The van der Waals surface area contributed by atoms with E-state index in [0.29, 0.717) is 19.1 Å². The Morgan fingerprint density at radius 1 is 0.952 bits per heavy atom. The standard InChI is InChI=1S/C15H29IN2O2S/c1-12(2)14-4-8-17(9-5-14)15-6-10-18(11-7-15)21(19,20)13(3)16/h12-15H,4-11H2,1-3H3. The van der Waals surface area contributed by atoms with E-state index < -0.39 is 10.0 Å². The third kappa shape index (κ3) is 4.32. The van der Waals surface area contributed by atoms with Crippen LogP contribution in [0.4, 0.5) is 0 Å². The van der Waals surface area contributed by atoms with Crippen molar-refractivity contribution in [2.45, 2.75) is 55.8 Å². The van der Waals surface area contributed by atoms with Gasteiger partial charge in [-0.3, -0.25) is 0 Å². The minimum atomic E-state index is -3.07. The first-order valence-electron chi connectivity index (χ1n) is 8.19. The van der Waals surface area contributed by atoms with E-state index in [9.17, 15) is 8.42 Å². The molecule has 6 heteroatoms. The van der Waals surface area contributed by atoms with Crippen molar-refractivity contribution in [3.05, 3.63) is 0 Å². The molecule has 2 saturated heterocycles. The molecule has 1 unspecified atom stereocenters. The lowest BCUT2D eigenvalue weighted by Gasteiger charge is -2.42. The maximum absolute atomic E-state index is 12.2. The number of halogens is 1. The van der Waals surface area contributed by atoms with Crippen LogP contribution in [0.25, 0.3) is 0 Å². The van der Waals surface area contributed by atoms with Gasteiger partial charge in [0.05, 0.1) is 0 Å². The first-order valence-corrected chi connectivity index (χ1v) is 10.9. The molecule has 2 aliphatic rings. The number of rotatable bonds is 4. The summed E-state index contributed by atoms with van der Waals surface area (Å²) in [6.45, 7) is 10.2. The van der Waals surface area contributed by atoms with Crippen LogP contribution in [0.15, 0.2) is 0 Å². The van der Waals surface area contributed by atoms with Gasteiger partial charge in [-0.15, -0.1) is 0 Å². The lowest BCUT2D eigenvalue weighted by molar-refractivity contribution is 0.0855. The van der Waals surface area contributed by atoms with Gasteiger partial charge in [0.1, 0.15) is 3.26 Å². The van der Waals surface area contributed by atoms with Crippen LogP contribution in [0.2, 0.25) is 0 Å². The van der Waals surface area contributed by atoms with E-state index in [4.69, 9.17) is 0 Å². The van der Waals surface area contributed by atoms with Crippen LogP contribution in [-0.2, 0) is 10.0 Å². The summed E-state index contributed by atoms with van der Waals surface area (Å²) in [5, 5.41) is 0. The quantitative estimate of drug-likeness (QED) is 0.511. The van der Waals surface area contributed by atoms with Crippen LogP contribution < -0.4 is 0 Å². The summed E-state index contributed by atoms with van der Waals surface area (Å²) in [5.74, 6) is 1.67. The smallest absolute Gasteiger partial charge is 0.225 e. The van der Waals surface area contributed by atoms with Crippen molar-refractivity contribution in [2.75, 3.05) is 26.2 Å². The molecule has 2 heterocycles. The molecule has 4 nitrogen and oxygen atoms in total. The lowest BCUT2D eigenvalue weighted by atomic mass is 9.85. The Balaban J connectivity index is 1.83. The number of alkyl halides is 1. The summed E-state index contributed by atoms with van der Waals surface area (Å²) in [6.07, 6.45) is 4.60. The van der Waals surface area contributed by atoms with Crippen molar-refractivity contribution in [1.29, 1.82) is 0 Å². The summed E-state index contributed by atoms with van der Waals surface area (Å²) in [4.78, 5) is 2.61. The number of hydrogen-bond donors (Lipinski definition) is 0. The highest BCUT2D eigenvalue weighted by molar-refractivity contribution is 14.1. The number of likely N-dealkylation sites (tertiary alicyclic amines) is 1. The summed E-state index contributed by atoms with van der Waals surface area (Å²) in [7, 11) is -3.07. The molecule has 0 spiro atoms. The number of sulfonamides is 1. The molecule has 0 aromatic heterocycles. The van der Waals surface area contributed by atoms with Gasteiger partial charge in [0, 0.05) is 19.1 Å². The first-order chi connectivity index (χ1) is 9.82. The Hall–Kier alpha value is 0.600. The Bertz CT molecular complexity index is 423. The van der Waals surface area contributed by atoms with E-state index in [1.54, 1.807) is 11.2 Å². The second-order valence-electron chi connectivity index (χ2n) is 6.84. The van der Waals surface area contributed by atoms with E-state index in [2.05, 4.69) is 18.7 Å². The molecule has 0 saturated carbocycles. The van der Waals surface area contributed by atoms with Gasteiger partial charge in [-0.05, 0) is 57.5 Å². The third-order valence-corrected chi connectivity index (χ3v) is 9.06. The molecular weight excluding hydrogens is 399 g/mol. The van der Waals surface area contributed by atoms with Crippen LogP contribution in [0.3, 0.4) is 0 Å². The molecule has 0 aliphatic carbocycles. The van der Waals surface area contributed by atoms with Crippen LogP contribution in [0.5, 0.6) is 0 Å². The van der Waals surface area contributed by atoms with Gasteiger partial charge in [0.2, 0.25) is 10.0 Å². The third-order valence-electron chi connectivity index (χ3n) is 5.23. The van der Waals surface area contributed by atoms with Gasteiger partial charge in [0.15, 0.2) is 0 Å². The first kappa shape index (κ1) is 17.9. The van der Waals surface area contributed by atoms with Crippen molar-refractivity contribution in [3.63, 3.8) is 0 Å². The van der Waals surface area contributed by atoms with Gasteiger partial charge >= 0.3 is 0 Å². The Morgan fingerprint density at radius 2 is 1.48 bits per heavy atom. The predicted octanol–water partition coefficient (Wildman–Crippen LogP) is 2.93. The van der Waals surface area contributed by atoms with Crippen molar-refractivity contribution in [1.82, 2.24) is 9.21 Å². The van der Waals surface area contributed by atoms with E-state index in [1.165, 1.54) is 25.9 Å². The maximum atomic E-state index is 12.2. The molecule has 2 rings (SSSR count). The maximum Gasteiger partial charge on any atom is 0.225 e. The van der Waals surface area contributed by atoms with E-state index >= 15 is 0 Å². The zero-order valence-electron chi connectivity index (χ0n) is 13.5. The normalized spacial score (nSPS) is 26.3. The van der Waals surface area contributed by atoms with Crippen LogP contribution in [0.1, 0.15) is 46.5 Å². The molecule has 0 amide bonds. The van der Waals surface area contributed by atoms with Crippen molar-refractivity contribution in [2.24, 2.45) is 11.8 Å². The Morgan fingerprint density at radius 3 is 1.90 bits per heavy atom. The number of piperidine rings is 2. The minimum Gasteiger partial charge on any atom is -0.300 e. The zero-order chi connectivity index (χ0) is 15.6. The molecule has 21 heavy (non-hydrogen) atoms. The van der Waals surface area contributed by atoms with Crippen molar-refractivity contribution < 1.29 is 8.42 Å². The van der Waals surface area contributed by atoms with Gasteiger partial charge in [-0.2, -0.15) is 0 Å². The Kier molecular flexibility index (Phi) is 6.36. The second-order valence-corrected chi connectivity index (χ2v) is 11.8. The Labute approximate surface area is 143 Å². The molecule has 2 aliphatic heterocycles. The number of nitrogens with zero attached hydrogens (tertiary/aromatic N) is 2. The van der Waals surface area contributed by atoms with E-state index in [-0.39, 0.29) is 3.26 Å². The van der Waals surface area contributed by atoms with Gasteiger partial charge in [-0.25, -0.2) is 12.7 Å². The minimum absolute atomic E-state index is 0.326. The van der Waals surface area contributed by atoms with Gasteiger partial charge in [0.25, 0.3) is 0 Å². The average molecular weight is 428 g/mol. The molecule has 2 fully saturated rings. The largest absolute Gasteiger partial charge is 0.300 e. The molecular formula is C15H29IN2O2S. The molecule has 1 atom stereocenters. The monoisotopic (exact) mass is 428 g/mol. The van der Waals surface area contributed by atoms with Crippen LogP contribution >= 0.6 is 22.6 Å². The molecule has 124 valence electrons. The lowest BCUT2D eigenvalue weighted by Crippen LogP contribution is -2.50. The average Bonchev–Trinajstić information content (AvgIpc) is 2.47. The van der Waals surface area contributed by atoms with Crippen LogP contribution in [0, 0.1) is 11.8 Å². The predicted molar refractivity (Wildman–Crippen MR) is 96.1 cm³/mol. The molecule has 0 aromatic rings. The molecule has 0 aromatic carbocycles. The fourth-order valence-electron chi connectivity index (χ4n) is 3.62. The molecule has 0 N–H and O–H groups in total. The fraction of sp³-hybridized carbons (Fsp3) is 1.00. The summed E-state index contributed by atoms with van der Waals surface area (Å²) in [6, 6.07) is 0.592. The van der Waals surface area contributed by atoms with Gasteiger partial charge < -0.3 is 4.90 Å². The topological polar surface area (TPSA) is 40.6 Å². The highest BCUT2D eigenvalue weighted by Gasteiger charge is 2.34. The van der Waals surface area contributed by atoms with Crippen molar-refractivity contribution >= 4 is 32.6 Å². The van der Waals surface area contributed by atoms with E-state index in [1.807, 2.05) is 22.6 Å². The van der Waals surface area contributed by atoms with Crippen molar-refractivity contribution in [3.8, 4) is 0 Å². The van der Waals surface area contributed by atoms with E-state index in [0.717, 1.165) is 24.7 Å². The molecule has 0 bridgehead atoms. The summed E-state index contributed by atoms with van der Waals surface area (Å²) >= 11 is 2.00. The SMILES string of the molecule is CC(C)C1CCN(C2CCN(S(=O)(=O)C(C)I)CC2)CC1. The summed E-state index contributed by atoms with van der Waals surface area (Å²) < 4.78 is 25.8. The van der Waals surface area contributed by atoms with Crippen LogP contribution in [-0.4, -0.2) is 53.1 Å².